The number of hydrogen-bond acceptors (Lipinski definition) is 4. The van der Waals surface area contributed by atoms with E-state index in [1.54, 1.807) is 35.5 Å². The molecule has 0 bridgehead atoms. The molecule has 2 atom stereocenters. The summed E-state index contributed by atoms with van der Waals surface area (Å²) in [5, 5.41) is 10.7. The minimum atomic E-state index is -0.934. The van der Waals surface area contributed by atoms with Crippen LogP contribution in [0.3, 0.4) is 0 Å². The van der Waals surface area contributed by atoms with Crippen molar-refractivity contribution in [1.29, 1.82) is 0 Å². The summed E-state index contributed by atoms with van der Waals surface area (Å²) in [6, 6.07) is 5.90. The number of carboxylic acid groups (broad SMARTS) is 1. The predicted molar refractivity (Wildman–Crippen MR) is 66.7 cm³/mol. The number of hydrogen-bond donors (Lipinski definition) is 2. The molecule has 1 aromatic carbocycles. The fourth-order valence-electron chi connectivity index (χ4n) is 2.25. The summed E-state index contributed by atoms with van der Waals surface area (Å²) < 4.78 is 13.7. The van der Waals surface area contributed by atoms with E-state index in [2.05, 4.69) is 10.4 Å². The van der Waals surface area contributed by atoms with Gasteiger partial charge in [0.25, 0.3) is 0 Å². The van der Waals surface area contributed by atoms with Crippen LogP contribution < -0.4 is 5.43 Å². The Morgan fingerprint density at radius 3 is 3.00 bits per heavy atom. The molecule has 6 heteroatoms. The summed E-state index contributed by atoms with van der Waals surface area (Å²) in [4.78, 5) is 15.5. The maximum atomic E-state index is 13.7. The molecule has 19 heavy (non-hydrogen) atoms. The standard InChI is InChI=1S/C13H12FN3O2/c14-10-4-2-1-3-8(10)11-5-6-17-12(16-11)9(7-15-17)13(18)19/h1-6,9,11,15H,7H2,(H,18,19). The number of rotatable bonds is 2. The number of carboxylic acids is 1. The minimum absolute atomic E-state index is 0.294. The average molecular weight is 261 g/mol. The zero-order chi connectivity index (χ0) is 13.4. The van der Waals surface area contributed by atoms with Crippen molar-refractivity contribution in [3.63, 3.8) is 0 Å². The van der Waals surface area contributed by atoms with Crippen molar-refractivity contribution in [1.82, 2.24) is 10.4 Å². The lowest BCUT2D eigenvalue weighted by Gasteiger charge is -2.22. The molecule has 98 valence electrons. The van der Waals surface area contributed by atoms with Gasteiger partial charge >= 0.3 is 5.97 Å². The summed E-state index contributed by atoms with van der Waals surface area (Å²) in [6.07, 6.45) is 3.43. The normalized spacial score (nSPS) is 25.1. The Bertz CT molecular complexity index is 585. The van der Waals surface area contributed by atoms with E-state index >= 15 is 0 Å². The summed E-state index contributed by atoms with van der Waals surface area (Å²) in [7, 11) is 0. The number of benzene rings is 1. The SMILES string of the molecule is O=C(O)C1CNN2C=CC(c3ccccc3F)N=C12. The lowest BCUT2D eigenvalue weighted by Crippen LogP contribution is -2.33. The second kappa shape index (κ2) is 4.47. The van der Waals surface area contributed by atoms with Crippen molar-refractivity contribution < 1.29 is 14.3 Å². The minimum Gasteiger partial charge on any atom is -0.481 e. The summed E-state index contributed by atoms with van der Waals surface area (Å²) >= 11 is 0. The Balaban J connectivity index is 1.96. The second-order valence-electron chi connectivity index (χ2n) is 4.42. The van der Waals surface area contributed by atoms with E-state index in [4.69, 9.17) is 5.11 Å². The van der Waals surface area contributed by atoms with Crippen LogP contribution in [-0.2, 0) is 4.79 Å². The third-order valence-corrected chi connectivity index (χ3v) is 3.23. The number of halogens is 1. The van der Waals surface area contributed by atoms with E-state index in [9.17, 15) is 9.18 Å². The number of aliphatic imine (C=N–C) groups is 1. The van der Waals surface area contributed by atoms with Crippen LogP contribution in [0.25, 0.3) is 0 Å². The Morgan fingerprint density at radius 1 is 1.47 bits per heavy atom. The first-order valence-corrected chi connectivity index (χ1v) is 5.93. The van der Waals surface area contributed by atoms with Gasteiger partial charge in [-0.25, -0.2) is 9.82 Å². The van der Waals surface area contributed by atoms with Gasteiger partial charge in [0.05, 0.1) is 6.04 Å². The van der Waals surface area contributed by atoms with Gasteiger partial charge in [-0.15, -0.1) is 0 Å². The first-order valence-electron chi connectivity index (χ1n) is 5.93. The number of nitrogens with one attached hydrogen (secondary N) is 1. The molecule has 3 rings (SSSR count). The first-order chi connectivity index (χ1) is 9.16. The van der Waals surface area contributed by atoms with Crippen LogP contribution in [0, 0.1) is 11.7 Å². The number of nitrogens with zero attached hydrogens (tertiary/aromatic N) is 2. The zero-order valence-corrected chi connectivity index (χ0v) is 9.95. The Kier molecular flexibility index (Phi) is 2.79. The van der Waals surface area contributed by atoms with Gasteiger partial charge in [-0.05, 0) is 12.1 Å². The van der Waals surface area contributed by atoms with Crippen molar-refractivity contribution in [3.8, 4) is 0 Å². The van der Waals surface area contributed by atoms with E-state index < -0.39 is 17.9 Å². The molecule has 2 unspecified atom stereocenters. The molecular weight excluding hydrogens is 249 g/mol. The number of aliphatic carboxylic acids is 1. The number of carbonyl (C=O) groups is 1. The Morgan fingerprint density at radius 2 is 2.26 bits per heavy atom. The number of fused-ring (bicyclic) bond motifs is 1. The van der Waals surface area contributed by atoms with E-state index in [0.717, 1.165) is 0 Å². The van der Waals surface area contributed by atoms with Gasteiger partial charge in [0, 0.05) is 18.3 Å². The van der Waals surface area contributed by atoms with Gasteiger partial charge in [-0.3, -0.25) is 14.8 Å². The molecule has 1 aromatic rings. The van der Waals surface area contributed by atoms with E-state index in [1.807, 2.05) is 0 Å². The highest BCUT2D eigenvalue weighted by Crippen LogP contribution is 2.28. The summed E-state index contributed by atoms with van der Waals surface area (Å²) in [5.74, 6) is -1.55. The average Bonchev–Trinajstić information content (AvgIpc) is 2.82. The van der Waals surface area contributed by atoms with Crippen LogP contribution in [0.4, 0.5) is 4.39 Å². The van der Waals surface area contributed by atoms with Crippen LogP contribution in [-0.4, -0.2) is 28.5 Å². The quantitative estimate of drug-likeness (QED) is 0.842. The number of amidine groups is 1. The first kappa shape index (κ1) is 11.9. The third-order valence-electron chi connectivity index (χ3n) is 3.23. The molecule has 0 aliphatic carbocycles. The van der Waals surface area contributed by atoms with E-state index in [1.165, 1.54) is 6.07 Å². The highest BCUT2D eigenvalue weighted by Gasteiger charge is 2.36. The van der Waals surface area contributed by atoms with Crippen molar-refractivity contribution in [2.45, 2.75) is 6.04 Å². The molecular formula is C13H12FN3O2. The Hall–Kier alpha value is -2.21. The van der Waals surface area contributed by atoms with Crippen LogP contribution in [0.1, 0.15) is 11.6 Å². The number of hydrazine groups is 1. The molecule has 5 nitrogen and oxygen atoms in total. The summed E-state index contributed by atoms with van der Waals surface area (Å²) in [6.45, 7) is 0.294. The largest absolute Gasteiger partial charge is 0.481 e. The lowest BCUT2D eigenvalue weighted by molar-refractivity contribution is -0.138. The molecule has 2 heterocycles. The molecule has 1 saturated heterocycles. The van der Waals surface area contributed by atoms with Crippen LogP contribution in [0.2, 0.25) is 0 Å². The van der Waals surface area contributed by atoms with E-state index in [0.29, 0.717) is 17.9 Å². The molecule has 1 fully saturated rings. The highest BCUT2D eigenvalue weighted by atomic mass is 19.1. The molecule has 2 N–H and O–H groups in total. The molecule has 0 radical (unpaired) electrons. The van der Waals surface area contributed by atoms with Gasteiger partial charge < -0.3 is 5.11 Å². The van der Waals surface area contributed by atoms with Crippen molar-refractivity contribution in [3.05, 3.63) is 47.9 Å². The lowest BCUT2D eigenvalue weighted by atomic mass is 10.0. The molecule has 0 aromatic heterocycles. The van der Waals surface area contributed by atoms with Gasteiger partial charge in [0.1, 0.15) is 17.6 Å². The fourth-order valence-corrected chi connectivity index (χ4v) is 2.25. The smallest absolute Gasteiger partial charge is 0.315 e. The van der Waals surface area contributed by atoms with Crippen LogP contribution in [0.5, 0.6) is 0 Å². The van der Waals surface area contributed by atoms with Crippen molar-refractivity contribution in [2.24, 2.45) is 10.9 Å². The molecule has 2 aliphatic heterocycles. The molecule has 0 spiro atoms. The topological polar surface area (TPSA) is 64.9 Å². The molecule has 2 aliphatic rings. The molecule has 0 amide bonds. The van der Waals surface area contributed by atoms with Gasteiger partial charge in [0.15, 0.2) is 0 Å². The zero-order valence-electron chi connectivity index (χ0n) is 9.95. The second-order valence-corrected chi connectivity index (χ2v) is 4.42. The highest BCUT2D eigenvalue weighted by molar-refractivity contribution is 6.02. The van der Waals surface area contributed by atoms with Crippen molar-refractivity contribution >= 4 is 11.8 Å². The van der Waals surface area contributed by atoms with Gasteiger partial charge in [-0.1, -0.05) is 18.2 Å². The van der Waals surface area contributed by atoms with Crippen LogP contribution >= 0.6 is 0 Å². The maximum absolute atomic E-state index is 13.7. The van der Waals surface area contributed by atoms with Gasteiger partial charge in [-0.2, -0.15) is 0 Å². The van der Waals surface area contributed by atoms with Crippen molar-refractivity contribution in [2.75, 3.05) is 6.54 Å². The fraction of sp³-hybridized carbons (Fsp3) is 0.231. The predicted octanol–water partition coefficient (Wildman–Crippen LogP) is 1.31. The summed E-state index contributed by atoms with van der Waals surface area (Å²) in [5.41, 5.74) is 3.36. The maximum Gasteiger partial charge on any atom is 0.315 e. The Labute approximate surface area is 109 Å². The third kappa shape index (κ3) is 2.00. The monoisotopic (exact) mass is 261 g/mol. The van der Waals surface area contributed by atoms with Crippen LogP contribution in [0.15, 0.2) is 41.5 Å². The molecule has 0 saturated carbocycles. The van der Waals surface area contributed by atoms with Gasteiger partial charge in [0.2, 0.25) is 0 Å². The van der Waals surface area contributed by atoms with E-state index in [-0.39, 0.29) is 5.82 Å².